The van der Waals surface area contributed by atoms with E-state index in [0.29, 0.717) is 0 Å². The van der Waals surface area contributed by atoms with Gasteiger partial charge in [-0.2, -0.15) is 0 Å². The highest BCUT2D eigenvalue weighted by molar-refractivity contribution is 5.35. The lowest BCUT2D eigenvalue weighted by atomic mass is 9.84. The van der Waals surface area contributed by atoms with Crippen molar-refractivity contribution < 1.29 is 9.84 Å². The summed E-state index contributed by atoms with van der Waals surface area (Å²) in [7, 11) is 1.71. The first kappa shape index (κ1) is 11.6. The van der Waals surface area contributed by atoms with Crippen LogP contribution >= 0.6 is 0 Å². The molecule has 0 aliphatic heterocycles. The van der Waals surface area contributed by atoms with Crippen molar-refractivity contribution in [2.24, 2.45) is 5.92 Å². The first-order chi connectivity index (χ1) is 7.65. The van der Waals surface area contributed by atoms with E-state index in [9.17, 15) is 5.11 Å². The second-order valence-corrected chi connectivity index (χ2v) is 4.91. The average molecular weight is 220 g/mol. The Hall–Kier alpha value is -0.860. The maximum atomic E-state index is 10.7. The molecule has 1 aliphatic rings. The molecule has 1 atom stereocenters. The summed E-state index contributed by atoms with van der Waals surface area (Å²) in [5, 5.41) is 10.7. The molecule has 2 nitrogen and oxygen atoms in total. The van der Waals surface area contributed by atoms with Gasteiger partial charge in [-0.05, 0) is 23.5 Å². The molecule has 0 spiro atoms. The van der Waals surface area contributed by atoms with Gasteiger partial charge in [-0.25, -0.2) is 0 Å². The van der Waals surface area contributed by atoms with Gasteiger partial charge < -0.3 is 9.84 Å². The molecule has 0 aromatic heterocycles. The molecule has 0 bridgehead atoms. The molecule has 0 heterocycles. The van der Waals surface area contributed by atoms with Crippen LogP contribution in [0.2, 0.25) is 0 Å². The number of aliphatic hydroxyl groups is 1. The van der Waals surface area contributed by atoms with Crippen LogP contribution in [0.25, 0.3) is 0 Å². The third-order valence-corrected chi connectivity index (χ3v) is 3.78. The summed E-state index contributed by atoms with van der Waals surface area (Å²) in [5.74, 6) is 0.278. The van der Waals surface area contributed by atoms with E-state index in [0.717, 1.165) is 25.9 Å². The fraction of sp³-hybridized carbons (Fsp3) is 0.571. The molecular formula is C14H20O2. The van der Waals surface area contributed by atoms with Crippen LogP contribution in [0.3, 0.4) is 0 Å². The van der Waals surface area contributed by atoms with Crippen LogP contribution in [0.5, 0.6) is 0 Å². The van der Waals surface area contributed by atoms with E-state index in [-0.39, 0.29) is 5.92 Å². The largest absolute Gasteiger partial charge is 0.389 e. The molecule has 2 rings (SSSR count). The van der Waals surface area contributed by atoms with Crippen molar-refractivity contribution in [2.75, 3.05) is 13.7 Å². The fourth-order valence-corrected chi connectivity index (χ4v) is 2.54. The van der Waals surface area contributed by atoms with Gasteiger partial charge in [-0.15, -0.1) is 0 Å². The number of ether oxygens (including phenoxy) is 1. The maximum absolute atomic E-state index is 10.7. The molecule has 1 aliphatic carbocycles. The number of fused-ring (bicyclic) bond motifs is 1. The van der Waals surface area contributed by atoms with E-state index in [1.165, 1.54) is 11.1 Å². The van der Waals surface area contributed by atoms with Gasteiger partial charge in [-0.3, -0.25) is 0 Å². The quantitative estimate of drug-likeness (QED) is 0.843. The lowest BCUT2D eigenvalue weighted by Crippen LogP contribution is -2.37. The van der Waals surface area contributed by atoms with Gasteiger partial charge in [0.05, 0.1) is 5.60 Å². The van der Waals surface area contributed by atoms with Crippen LogP contribution < -0.4 is 0 Å². The summed E-state index contributed by atoms with van der Waals surface area (Å²) in [6, 6.07) is 8.33. The lowest BCUT2D eigenvalue weighted by Gasteiger charge is -2.29. The molecule has 1 aromatic carbocycles. The average Bonchev–Trinajstić information content (AvgIpc) is 2.63. The molecule has 1 aromatic rings. The molecule has 0 fully saturated rings. The van der Waals surface area contributed by atoms with Gasteiger partial charge in [0, 0.05) is 26.6 Å². The predicted octanol–water partition coefficient (Wildman–Crippen LogP) is 2.19. The van der Waals surface area contributed by atoms with Crippen LogP contribution in [-0.2, 0) is 17.6 Å². The third kappa shape index (κ3) is 2.13. The van der Waals surface area contributed by atoms with Crippen molar-refractivity contribution in [3.8, 4) is 0 Å². The molecule has 0 saturated heterocycles. The monoisotopic (exact) mass is 220 g/mol. The Morgan fingerprint density at radius 2 is 1.88 bits per heavy atom. The summed E-state index contributed by atoms with van der Waals surface area (Å²) in [5.41, 5.74) is 2.03. The normalized spacial score (nSPS) is 19.4. The van der Waals surface area contributed by atoms with Gasteiger partial charge in [0.1, 0.15) is 0 Å². The van der Waals surface area contributed by atoms with Gasteiger partial charge in [-0.1, -0.05) is 31.2 Å². The Kier molecular flexibility index (Phi) is 3.31. The molecule has 2 heteroatoms. The van der Waals surface area contributed by atoms with Crippen molar-refractivity contribution >= 4 is 0 Å². The predicted molar refractivity (Wildman–Crippen MR) is 64.5 cm³/mol. The minimum atomic E-state index is -0.567. The highest BCUT2D eigenvalue weighted by Gasteiger charge is 2.39. The number of methoxy groups -OCH3 is 1. The fourth-order valence-electron chi connectivity index (χ4n) is 2.54. The second kappa shape index (κ2) is 4.56. The number of benzene rings is 1. The van der Waals surface area contributed by atoms with Crippen LogP contribution in [0.4, 0.5) is 0 Å². The minimum absolute atomic E-state index is 0.278. The first-order valence-corrected chi connectivity index (χ1v) is 5.94. The summed E-state index contributed by atoms with van der Waals surface area (Å²) in [6.07, 6.45) is 2.49. The van der Waals surface area contributed by atoms with E-state index in [1.807, 2.05) is 12.1 Å². The van der Waals surface area contributed by atoms with Gasteiger partial charge in [0.15, 0.2) is 0 Å². The molecule has 0 saturated carbocycles. The van der Waals surface area contributed by atoms with Gasteiger partial charge in [0.2, 0.25) is 0 Å². The molecule has 0 amide bonds. The Labute approximate surface area is 97.3 Å². The summed E-state index contributed by atoms with van der Waals surface area (Å²) < 4.78 is 5.08. The van der Waals surface area contributed by atoms with Crippen LogP contribution in [0, 0.1) is 5.92 Å². The van der Waals surface area contributed by atoms with E-state index < -0.39 is 5.60 Å². The van der Waals surface area contributed by atoms with E-state index in [1.54, 1.807) is 7.11 Å². The second-order valence-electron chi connectivity index (χ2n) is 4.91. The smallest absolute Gasteiger partial charge is 0.0754 e. The zero-order valence-electron chi connectivity index (χ0n) is 10.1. The van der Waals surface area contributed by atoms with Crippen molar-refractivity contribution in [3.63, 3.8) is 0 Å². The standard InChI is InChI=1S/C14H20O2/c1-11(7-8-16-2)14(15)9-12-5-3-4-6-13(12)10-14/h3-6,11,15H,7-10H2,1-2H3. The highest BCUT2D eigenvalue weighted by Crippen LogP contribution is 2.36. The molecule has 88 valence electrons. The van der Waals surface area contributed by atoms with Crippen molar-refractivity contribution in [3.05, 3.63) is 35.4 Å². The molecule has 1 N–H and O–H groups in total. The molecule has 1 unspecified atom stereocenters. The summed E-state index contributed by atoms with van der Waals surface area (Å²) in [6.45, 7) is 2.84. The third-order valence-electron chi connectivity index (χ3n) is 3.78. The van der Waals surface area contributed by atoms with Crippen LogP contribution in [0.1, 0.15) is 24.5 Å². The lowest BCUT2D eigenvalue weighted by molar-refractivity contribution is -0.0133. The zero-order valence-corrected chi connectivity index (χ0v) is 10.1. The zero-order chi connectivity index (χ0) is 11.6. The van der Waals surface area contributed by atoms with Crippen molar-refractivity contribution in [1.82, 2.24) is 0 Å². The van der Waals surface area contributed by atoms with Gasteiger partial charge in [0.25, 0.3) is 0 Å². The first-order valence-electron chi connectivity index (χ1n) is 5.94. The van der Waals surface area contributed by atoms with Crippen LogP contribution in [0.15, 0.2) is 24.3 Å². The Balaban J connectivity index is 2.07. The van der Waals surface area contributed by atoms with E-state index in [4.69, 9.17) is 4.74 Å². The molecule has 16 heavy (non-hydrogen) atoms. The Morgan fingerprint density at radius 3 is 2.38 bits per heavy atom. The van der Waals surface area contributed by atoms with Crippen molar-refractivity contribution in [2.45, 2.75) is 31.8 Å². The van der Waals surface area contributed by atoms with Crippen molar-refractivity contribution in [1.29, 1.82) is 0 Å². The van der Waals surface area contributed by atoms with E-state index >= 15 is 0 Å². The summed E-state index contributed by atoms with van der Waals surface area (Å²) >= 11 is 0. The Morgan fingerprint density at radius 1 is 1.31 bits per heavy atom. The molecule has 0 radical (unpaired) electrons. The number of rotatable bonds is 4. The number of hydrogen-bond acceptors (Lipinski definition) is 2. The topological polar surface area (TPSA) is 29.5 Å². The molecular weight excluding hydrogens is 200 g/mol. The van der Waals surface area contributed by atoms with Crippen LogP contribution in [-0.4, -0.2) is 24.4 Å². The van der Waals surface area contributed by atoms with E-state index in [2.05, 4.69) is 19.1 Å². The highest BCUT2D eigenvalue weighted by atomic mass is 16.5. The minimum Gasteiger partial charge on any atom is -0.389 e. The number of hydrogen-bond donors (Lipinski definition) is 1. The van der Waals surface area contributed by atoms with Gasteiger partial charge >= 0.3 is 0 Å². The summed E-state index contributed by atoms with van der Waals surface area (Å²) in [4.78, 5) is 0. The SMILES string of the molecule is COCCC(C)C1(O)Cc2ccccc2C1. The Bertz CT molecular complexity index is 335. The maximum Gasteiger partial charge on any atom is 0.0754 e.